The molecular weight excluding hydrogens is 473 g/mol. The van der Waals surface area contributed by atoms with Crippen LogP contribution in [-0.2, 0) is 7.05 Å². The minimum atomic E-state index is -0.404. The van der Waals surface area contributed by atoms with Gasteiger partial charge >= 0.3 is 0 Å². The summed E-state index contributed by atoms with van der Waals surface area (Å²) in [4.78, 5) is 27.9. The van der Waals surface area contributed by atoms with Crippen LogP contribution in [0.1, 0.15) is 34.7 Å². The van der Waals surface area contributed by atoms with E-state index in [-0.39, 0.29) is 28.4 Å². The Morgan fingerprint density at radius 3 is 2.46 bits per heavy atom. The van der Waals surface area contributed by atoms with Crippen LogP contribution < -0.4 is 20.3 Å². The Labute approximate surface area is 207 Å². The van der Waals surface area contributed by atoms with E-state index in [1.54, 1.807) is 42.3 Å². The van der Waals surface area contributed by atoms with Crippen LogP contribution in [0.3, 0.4) is 0 Å². The van der Waals surface area contributed by atoms with Gasteiger partial charge in [-0.15, -0.1) is 0 Å². The topological polar surface area (TPSA) is 72.8 Å². The Kier molecular flexibility index (Phi) is 6.38. The summed E-state index contributed by atoms with van der Waals surface area (Å²) in [7, 11) is 1.57. The summed E-state index contributed by atoms with van der Waals surface area (Å²) in [6, 6.07) is 11.9. The summed E-state index contributed by atoms with van der Waals surface area (Å²) in [6.45, 7) is 2.02. The largest absolute Gasteiger partial charge is 0.486 e. The van der Waals surface area contributed by atoms with Crippen molar-refractivity contribution >= 4 is 28.9 Å². The van der Waals surface area contributed by atoms with Crippen molar-refractivity contribution in [1.29, 1.82) is 0 Å². The van der Waals surface area contributed by atoms with Gasteiger partial charge in [-0.1, -0.05) is 23.7 Å². The van der Waals surface area contributed by atoms with Crippen LogP contribution in [0.25, 0.3) is 0 Å². The van der Waals surface area contributed by atoms with E-state index in [0.717, 1.165) is 18.4 Å². The van der Waals surface area contributed by atoms with Crippen molar-refractivity contribution in [2.24, 2.45) is 7.05 Å². The Morgan fingerprint density at radius 1 is 1.06 bits per heavy atom. The molecule has 1 N–H and O–H groups in total. The summed E-state index contributed by atoms with van der Waals surface area (Å²) < 4.78 is 25.8. The number of hydrogen-bond acceptors (Lipinski definition) is 5. The Bertz CT molecular complexity index is 1320. The fourth-order valence-electron chi connectivity index (χ4n) is 4.57. The fourth-order valence-corrected chi connectivity index (χ4v) is 4.85. The highest BCUT2D eigenvalue weighted by Crippen LogP contribution is 2.36. The Balaban J connectivity index is 1.39. The predicted molar refractivity (Wildman–Crippen MR) is 132 cm³/mol. The molecule has 0 aliphatic carbocycles. The van der Waals surface area contributed by atoms with Crippen molar-refractivity contribution in [3.05, 3.63) is 81.0 Å². The molecule has 3 heterocycles. The maximum atomic E-state index is 13.6. The maximum absolute atomic E-state index is 13.6. The van der Waals surface area contributed by atoms with Gasteiger partial charge in [0.05, 0.1) is 11.3 Å². The van der Waals surface area contributed by atoms with Crippen LogP contribution in [0.5, 0.6) is 11.5 Å². The number of benzene rings is 2. The van der Waals surface area contributed by atoms with Crippen LogP contribution in [0.2, 0.25) is 5.02 Å². The second-order valence-corrected chi connectivity index (χ2v) is 9.13. The monoisotopic (exact) mass is 497 g/mol. The zero-order valence-corrected chi connectivity index (χ0v) is 20.0. The first-order valence-electron chi connectivity index (χ1n) is 11.5. The van der Waals surface area contributed by atoms with Crippen molar-refractivity contribution in [2.45, 2.75) is 18.8 Å². The molecule has 0 atom stereocenters. The number of nitrogens with zero attached hydrogens (tertiary/aromatic N) is 2. The summed E-state index contributed by atoms with van der Waals surface area (Å²) in [5.41, 5.74) is 1.86. The molecule has 9 heteroatoms. The van der Waals surface area contributed by atoms with Crippen LogP contribution in [0.4, 0.5) is 15.8 Å². The molecule has 1 aromatic heterocycles. The van der Waals surface area contributed by atoms with Gasteiger partial charge in [-0.3, -0.25) is 9.59 Å². The molecule has 5 rings (SSSR count). The molecule has 1 fully saturated rings. The van der Waals surface area contributed by atoms with E-state index in [1.807, 2.05) is 0 Å². The van der Waals surface area contributed by atoms with Crippen LogP contribution >= 0.6 is 11.6 Å². The zero-order chi connectivity index (χ0) is 24.5. The molecule has 3 aromatic rings. The molecule has 0 bridgehead atoms. The number of pyridine rings is 1. The highest BCUT2D eigenvalue weighted by molar-refractivity contribution is 6.34. The quantitative estimate of drug-likeness (QED) is 0.565. The van der Waals surface area contributed by atoms with Gasteiger partial charge in [-0.2, -0.15) is 0 Å². The molecule has 1 amide bonds. The molecule has 182 valence electrons. The average Bonchev–Trinajstić information content (AvgIpc) is 2.89. The van der Waals surface area contributed by atoms with Crippen LogP contribution in [0, 0.1) is 5.82 Å². The molecule has 7 nitrogen and oxygen atoms in total. The summed E-state index contributed by atoms with van der Waals surface area (Å²) in [6.07, 6.45) is 3.05. The third kappa shape index (κ3) is 4.71. The highest BCUT2D eigenvalue weighted by atomic mass is 35.5. The van der Waals surface area contributed by atoms with Crippen LogP contribution in [0.15, 0.2) is 53.5 Å². The van der Waals surface area contributed by atoms with E-state index in [4.69, 9.17) is 21.1 Å². The first-order valence-corrected chi connectivity index (χ1v) is 11.9. The minimum Gasteiger partial charge on any atom is -0.486 e. The lowest BCUT2D eigenvalue weighted by atomic mass is 9.89. The van der Waals surface area contributed by atoms with Crippen molar-refractivity contribution in [1.82, 2.24) is 9.47 Å². The molecule has 2 aliphatic rings. The number of aromatic nitrogens is 1. The molecule has 2 aliphatic heterocycles. The minimum absolute atomic E-state index is 0.0607. The Hall–Kier alpha value is -3.52. The number of aryl methyl sites for hydroxylation is 1. The van der Waals surface area contributed by atoms with E-state index < -0.39 is 5.56 Å². The smallest absolute Gasteiger partial charge is 0.271 e. The van der Waals surface area contributed by atoms with Gasteiger partial charge in [0.2, 0.25) is 0 Å². The molecular formula is C26H25ClFN3O4. The van der Waals surface area contributed by atoms with E-state index >= 15 is 0 Å². The van der Waals surface area contributed by atoms with E-state index in [0.29, 0.717) is 49.1 Å². The standard InChI is InChI=1S/C26H25ClFN3O4/c1-30-15-20(25(32)31-10-8-17(9-11-31)16-2-4-18(28)5-3-16)24(23(27)26(30)33)29-19-6-7-21-22(14-19)35-13-12-34-21/h2-7,14-15,17,29H,8-13H2,1H3. The number of ether oxygens (including phenoxy) is 2. The number of likely N-dealkylation sites (tertiary alicyclic amines) is 1. The summed E-state index contributed by atoms with van der Waals surface area (Å²) in [5.74, 6) is 1.01. The van der Waals surface area contributed by atoms with Gasteiger partial charge in [-0.25, -0.2) is 4.39 Å². The van der Waals surface area contributed by atoms with E-state index in [9.17, 15) is 14.0 Å². The number of nitrogens with one attached hydrogen (secondary N) is 1. The van der Waals surface area contributed by atoms with Crippen molar-refractivity contribution in [3.63, 3.8) is 0 Å². The number of carbonyl (C=O) groups excluding carboxylic acids is 1. The number of fused-ring (bicyclic) bond motifs is 1. The van der Waals surface area contributed by atoms with Gasteiger partial charge in [0.1, 0.15) is 24.1 Å². The second-order valence-electron chi connectivity index (χ2n) is 8.75. The number of carbonyl (C=O) groups is 1. The number of amides is 1. The third-order valence-electron chi connectivity index (χ3n) is 6.49. The first kappa shape index (κ1) is 23.2. The van der Waals surface area contributed by atoms with Crippen molar-refractivity contribution < 1.29 is 18.7 Å². The molecule has 35 heavy (non-hydrogen) atoms. The molecule has 0 radical (unpaired) electrons. The second kappa shape index (κ2) is 9.62. The summed E-state index contributed by atoms with van der Waals surface area (Å²) >= 11 is 6.44. The number of hydrogen-bond donors (Lipinski definition) is 1. The molecule has 0 unspecified atom stereocenters. The van der Waals surface area contributed by atoms with Crippen molar-refractivity contribution in [3.8, 4) is 11.5 Å². The van der Waals surface area contributed by atoms with Gasteiger partial charge in [-0.05, 0) is 48.6 Å². The highest BCUT2D eigenvalue weighted by Gasteiger charge is 2.28. The summed E-state index contributed by atoms with van der Waals surface area (Å²) in [5, 5.41) is 3.09. The lowest BCUT2D eigenvalue weighted by Crippen LogP contribution is -2.39. The number of piperidine rings is 1. The molecule has 0 saturated carbocycles. The normalized spacial score (nSPS) is 15.7. The molecule has 0 spiro atoms. The lowest BCUT2D eigenvalue weighted by molar-refractivity contribution is 0.0713. The first-order chi connectivity index (χ1) is 16.9. The van der Waals surface area contributed by atoms with Crippen molar-refractivity contribution in [2.75, 3.05) is 31.6 Å². The lowest BCUT2D eigenvalue weighted by Gasteiger charge is -2.33. The Morgan fingerprint density at radius 2 is 1.74 bits per heavy atom. The van der Waals surface area contributed by atoms with Gasteiger partial charge < -0.3 is 24.3 Å². The molecule has 2 aromatic carbocycles. The maximum Gasteiger partial charge on any atom is 0.271 e. The number of anilines is 2. The SMILES string of the molecule is Cn1cc(C(=O)N2CCC(c3ccc(F)cc3)CC2)c(Nc2ccc3c(c2)OCCO3)c(Cl)c1=O. The van der Waals surface area contributed by atoms with E-state index in [2.05, 4.69) is 5.32 Å². The van der Waals surface area contributed by atoms with Crippen LogP contribution in [-0.4, -0.2) is 41.7 Å². The number of halogens is 2. The average molecular weight is 498 g/mol. The molecule has 1 saturated heterocycles. The fraction of sp³-hybridized carbons (Fsp3) is 0.308. The van der Waals surface area contributed by atoms with E-state index in [1.165, 1.54) is 22.9 Å². The van der Waals surface area contributed by atoms with Gasteiger partial charge in [0.15, 0.2) is 11.5 Å². The number of rotatable bonds is 4. The predicted octanol–water partition coefficient (Wildman–Crippen LogP) is 4.71. The zero-order valence-electron chi connectivity index (χ0n) is 19.2. The third-order valence-corrected chi connectivity index (χ3v) is 6.84. The van der Waals surface area contributed by atoms with Gasteiger partial charge in [0, 0.05) is 38.1 Å². The van der Waals surface area contributed by atoms with Gasteiger partial charge in [0.25, 0.3) is 11.5 Å².